The highest BCUT2D eigenvalue weighted by atomic mass is 16.3. The molecule has 52 heavy (non-hydrogen) atoms. The molecule has 0 saturated heterocycles. The fourth-order valence-electron chi connectivity index (χ4n) is 9.23. The van der Waals surface area contributed by atoms with Gasteiger partial charge in [0.2, 0.25) is 0 Å². The van der Waals surface area contributed by atoms with Crippen LogP contribution in [0.3, 0.4) is 0 Å². The van der Waals surface area contributed by atoms with Crippen LogP contribution in [0, 0.1) is 0 Å². The quantitative estimate of drug-likeness (QED) is 0.171. The van der Waals surface area contributed by atoms with Crippen LogP contribution in [0.15, 0.2) is 199 Å². The molecule has 0 N–H and O–H groups in total. The molecule has 1 heterocycles. The van der Waals surface area contributed by atoms with Gasteiger partial charge in [0.1, 0.15) is 11.2 Å². The maximum Gasteiger partial charge on any atom is 0.135 e. The van der Waals surface area contributed by atoms with Gasteiger partial charge >= 0.3 is 0 Å². The van der Waals surface area contributed by atoms with Crippen molar-refractivity contribution in [3.05, 3.63) is 216 Å². The monoisotopic (exact) mass is 660 g/mol. The van der Waals surface area contributed by atoms with Gasteiger partial charge in [-0.05, 0) is 101 Å². The van der Waals surface area contributed by atoms with Gasteiger partial charge in [-0.2, -0.15) is 0 Å². The Morgan fingerprint density at radius 3 is 1.40 bits per heavy atom. The summed E-state index contributed by atoms with van der Waals surface area (Å²) in [5, 5.41) is 7.25. The standard InChI is InChI=1S/C51H32O/c1-3-15-35(16-4-1)51(36-17-5-2-6-18-36)45-25-13-11-19-37(45)38-29-27-34(32-46(38)51)50-42-23-9-7-21-40(42)49(41-22-8-10-24-43(41)50)33-28-30-48-44(31-33)39-20-12-14-26-47(39)52-48/h1-32H. The number of para-hydroxylation sites is 1. The molecule has 0 spiro atoms. The summed E-state index contributed by atoms with van der Waals surface area (Å²) in [4.78, 5) is 0. The molecule has 11 rings (SSSR count). The second kappa shape index (κ2) is 11.2. The molecule has 0 aliphatic heterocycles. The van der Waals surface area contributed by atoms with E-state index >= 15 is 0 Å². The summed E-state index contributed by atoms with van der Waals surface area (Å²) in [6, 6.07) is 71.2. The summed E-state index contributed by atoms with van der Waals surface area (Å²) in [5.74, 6) is 0. The third-order valence-electron chi connectivity index (χ3n) is 11.3. The van der Waals surface area contributed by atoms with E-state index < -0.39 is 5.41 Å². The number of fused-ring (bicyclic) bond motifs is 8. The highest BCUT2D eigenvalue weighted by Crippen LogP contribution is 2.57. The molecule has 1 aliphatic carbocycles. The van der Waals surface area contributed by atoms with Crippen LogP contribution in [0.2, 0.25) is 0 Å². The number of hydrogen-bond donors (Lipinski definition) is 0. The van der Waals surface area contributed by atoms with E-state index in [9.17, 15) is 0 Å². The van der Waals surface area contributed by atoms with Crippen molar-refractivity contribution in [1.82, 2.24) is 0 Å². The minimum atomic E-state index is -0.460. The minimum Gasteiger partial charge on any atom is -0.456 e. The maximum absolute atomic E-state index is 6.24. The summed E-state index contributed by atoms with van der Waals surface area (Å²) in [5.41, 5.74) is 14.1. The SMILES string of the molecule is c1ccc(C2(c3ccccc3)c3ccccc3-c3ccc(-c4c5ccccc5c(-c5ccc6oc7ccccc7c6c5)c5ccccc45)cc32)cc1. The second-order valence-corrected chi connectivity index (χ2v) is 13.9. The van der Waals surface area contributed by atoms with Gasteiger partial charge < -0.3 is 4.42 Å². The van der Waals surface area contributed by atoms with Crippen molar-refractivity contribution >= 4 is 43.5 Å². The molecule has 9 aromatic carbocycles. The van der Waals surface area contributed by atoms with Gasteiger partial charge in [0.15, 0.2) is 0 Å². The van der Waals surface area contributed by atoms with Crippen molar-refractivity contribution in [3.63, 3.8) is 0 Å². The predicted octanol–water partition coefficient (Wildman–Crippen LogP) is 13.6. The molecule has 0 atom stereocenters. The molecule has 0 radical (unpaired) electrons. The van der Waals surface area contributed by atoms with Crippen molar-refractivity contribution < 1.29 is 4.42 Å². The van der Waals surface area contributed by atoms with E-state index in [1.807, 2.05) is 12.1 Å². The fourth-order valence-corrected chi connectivity index (χ4v) is 9.23. The Labute approximate surface area is 302 Å². The largest absolute Gasteiger partial charge is 0.456 e. The van der Waals surface area contributed by atoms with E-state index in [4.69, 9.17) is 4.42 Å². The fraction of sp³-hybridized carbons (Fsp3) is 0.0196. The molecule has 1 aliphatic rings. The van der Waals surface area contributed by atoms with Gasteiger partial charge in [0.05, 0.1) is 5.41 Å². The van der Waals surface area contributed by atoms with Gasteiger partial charge in [-0.1, -0.05) is 170 Å². The Balaban J connectivity index is 1.22. The molecular formula is C51H32O. The number of benzene rings is 9. The summed E-state index contributed by atoms with van der Waals surface area (Å²) < 4.78 is 6.24. The lowest BCUT2D eigenvalue weighted by atomic mass is 9.67. The Bertz CT molecular complexity index is 2910. The average molecular weight is 661 g/mol. The highest BCUT2D eigenvalue weighted by molar-refractivity contribution is 6.22. The zero-order valence-electron chi connectivity index (χ0n) is 28.4. The van der Waals surface area contributed by atoms with Crippen LogP contribution < -0.4 is 0 Å². The molecule has 1 heteroatoms. The van der Waals surface area contributed by atoms with E-state index in [1.54, 1.807) is 0 Å². The van der Waals surface area contributed by atoms with Crippen molar-refractivity contribution in [1.29, 1.82) is 0 Å². The molecule has 0 amide bonds. The number of hydrogen-bond acceptors (Lipinski definition) is 1. The molecule has 242 valence electrons. The third kappa shape index (κ3) is 3.99. The number of furan rings is 1. The van der Waals surface area contributed by atoms with Gasteiger partial charge in [-0.3, -0.25) is 0 Å². The van der Waals surface area contributed by atoms with Crippen LogP contribution in [0.4, 0.5) is 0 Å². The van der Waals surface area contributed by atoms with Crippen LogP contribution in [0.5, 0.6) is 0 Å². The maximum atomic E-state index is 6.24. The van der Waals surface area contributed by atoms with Crippen LogP contribution in [0.25, 0.3) is 76.9 Å². The summed E-state index contributed by atoms with van der Waals surface area (Å²) in [6.07, 6.45) is 0. The predicted molar refractivity (Wildman–Crippen MR) is 217 cm³/mol. The molecular weight excluding hydrogens is 629 g/mol. The van der Waals surface area contributed by atoms with Crippen LogP contribution in [0.1, 0.15) is 22.3 Å². The Morgan fingerprint density at radius 1 is 0.308 bits per heavy atom. The lowest BCUT2D eigenvalue weighted by Crippen LogP contribution is -2.28. The Kier molecular flexibility index (Phi) is 6.23. The van der Waals surface area contributed by atoms with Gasteiger partial charge in [-0.15, -0.1) is 0 Å². The first-order chi connectivity index (χ1) is 25.8. The summed E-state index contributed by atoms with van der Waals surface area (Å²) >= 11 is 0. The first-order valence-electron chi connectivity index (χ1n) is 18.0. The molecule has 0 fully saturated rings. The van der Waals surface area contributed by atoms with E-state index in [2.05, 4.69) is 182 Å². The summed E-state index contributed by atoms with van der Waals surface area (Å²) in [7, 11) is 0. The molecule has 0 unspecified atom stereocenters. The first kappa shape index (κ1) is 29.1. The highest BCUT2D eigenvalue weighted by Gasteiger charge is 2.46. The third-order valence-corrected chi connectivity index (χ3v) is 11.3. The van der Waals surface area contributed by atoms with E-state index in [1.165, 1.54) is 77.2 Å². The zero-order chi connectivity index (χ0) is 34.2. The summed E-state index contributed by atoms with van der Waals surface area (Å²) in [6.45, 7) is 0. The topological polar surface area (TPSA) is 13.1 Å². The van der Waals surface area contributed by atoms with Crippen LogP contribution in [-0.4, -0.2) is 0 Å². The zero-order valence-corrected chi connectivity index (χ0v) is 28.4. The molecule has 10 aromatic rings. The van der Waals surface area contributed by atoms with Gasteiger partial charge in [-0.25, -0.2) is 0 Å². The lowest BCUT2D eigenvalue weighted by molar-refractivity contribution is 0.669. The normalized spacial score (nSPS) is 13.2. The first-order valence-corrected chi connectivity index (χ1v) is 18.0. The number of rotatable bonds is 4. The van der Waals surface area contributed by atoms with Crippen molar-refractivity contribution in [2.24, 2.45) is 0 Å². The van der Waals surface area contributed by atoms with Crippen molar-refractivity contribution in [2.45, 2.75) is 5.41 Å². The average Bonchev–Trinajstić information content (AvgIpc) is 3.73. The van der Waals surface area contributed by atoms with Crippen LogP contribution in [-0.2, 0) is 5.41 Å². The van der Waals surface area contributed by atoms with E-state index in [0.29, 0.717) is 0 Å². The molecule has 1 nitrogen and oxygen atoms in total. The molecule has 1 aromatic heterocycles. The molecule has 0 bridgehead atoms. The van der Waals surface area contributed by atoms with Crippen molar-refractivity contribution in [2.75, 3.05) is 0 Å². The van der Waals surface area contributed by atoms with Crippen molar-refractivity contribution in [3.8, 4) is 33.4 Å². The minimum absolute atomic E-state index is 0.460. The van der Waals surface area contributed by atoms with Gasteiger partial charge in [0.25, 0.3) is 0 Å². The smallest absolute Gasteiger partial charge is 0.135 e. The molecule has 0 saturated carbocycles. The lowest BCUT2D eigenvalue weighted by Gasteiger charge is -2.34. The van der Waals surface area contributed by atoms with E-state index in [-0.39, 0.29) is 0 Å². The van der Waals surface area contributed by atoms with Crippen LogP contribution >= 0.6 is 0 Å². The van der Waals surface area contributed by atoms with E-state index in [0.717, 1.165) is 21.9 Å². The Hall–Kier alpha value is -6.70. The second-order valence-electron chi connectivity index (χ2n) is 13.9. The van der Waals surface area contributed by atoms with Gasteiger partial charge in [0, 0.05) is 10.8 Å². The Morgan fingerprint density at radius 2 is 0.769 bits per heavy atom.